The van der Waals surface area contributed by atoms with E-state index in [2.05, 4.69) is 33.8 Å². The van der Waals surface area contributed by atoms with Crippen LogP contribution in [0.25, 0.3) is 0 Å². The zero-order valence-electron chi connectivity index (χ0n) is 19.8. The second kappa shape index (κ2) is 8.19. The summed E-state index contributed by atoms with van der Waals surface area (Å²) in [5.41, 5.74) is 5.98. The smallest absolute Gasteiger partial charge is 0.266 e. The number of fused-ring (bicyclic) bond motifs is 2. The maximum Gasteiger partial charge on any atom is 0.296 e. The van der Waals surface area contributed by atoms with E-state index in [1.54, 1.807) is 28.9 Å². The van der Waals surface area contributed by atoms with Crippen LogP contribution < -0.4 is 0 Å². The van der Waals surface area contributed by atoms with Gasteiger partial charge in [-0.15, -0.1) is 0 Å². The van der Waals surface area contributed by atoms with Gasteiger partial charge in [-0.25, -0.2) is 0 Å². The fourth-order valence-electron chi connectivity index (χ4n) is 6.74. The molecule has 3 nitrogen and oxygen atoms in total. The molecule has 1 saturated carbocycles. The Labute approximate surface area is 189 Å². The standard InChI is InChI=1S/C27H38O3S/c1-19(2)17-21-9-13-24-23(21)12-14-25-26(4,15-6-16-27(24,25)5)18-30-31(28,29)22-10-7-20(3)8-11-22/h7-8,10-11,17,19,25H,6,9,12-16,18H2,1-5H3/b21-17+/t25-,26-,27+/m0/s1. The van der Waals surface area contributed by atoms with Crippen molar-refractivity contribution in [2.24, 2.45) is 22.7 Å². The monoisotopic (exact) mass is 442 g/mol. The van der Waals surface area contributed by atoms with Gasteiger partial charge in [-0.1, -0.05) is 63.5 Å². The van der Waals surface area contributed by atoms with Crippen LogP contribution in [0.4, 0.5) is 0 Å². The first-order chi connectivity index (χ1) is 14.6. The lowest BCUT2D eigenvalue weighted by molar-refractivity contribution is -0.0294. The fourth-order valence-corrected chi connectivity index (χ4v) is 7.76. The van der Waals surface area contributed by atoms with Crippen LogP contribution in [0.15, 0.2) is 52.0 Å². The molecule has 1 aromatic rings. The second-order valence-electron chi connectivity index (χ2n) is 10.9. The summed E-state index contributed by atoms with van der Waals surface area (Å²) >= 11 is 0. The number of aryl methyl sites for hydroxylation is 1. The van der Waals surface area contributed by atoms with E-state index in [1.807, 2.05) is 19.1 Å². The summed E-state index contributed by atoms with van der Waals surface area (Å²) < 4.78 is 31.4. The van der Waals surface area contributed by atoms with Gasteiger partial charge in [0.25, 0.3) is 10.1 Å². The van der Waals surface area contributed by atoms with Gasteiger partial charge in [0.1, 0.15) is 0 Å². The van der Waals surface area contributed by atoms with E-state index in [-0.39, 0.29) is 22.3 Å². The third-order valence-corrected chi connectivity index (χ3v) is 9.49. The van der Waals surface area contributed by atoms with Crippen molar-refractivity contribution in [3.63, 3.8) is 0 Å². The molecule has 3 aliphatic carbocycles. The van der Waals surface area contributed by atoms with Gasteiger partial charge in [0.15, 0.2) is 0 Å². The highest BCUT2D eigenvalue weighted by Gasteiger charge is 2.53. The van der Waals surface area contributed by atoms with Crippen LogP contribution in [0, 0.1) is 29.6 Å². The minimum absolute atomic E-state index is 0.117. The Balaban J connectivity index is 1.58. The molecule has 170 valence electrons. The number of hydrogen-bond acceptors (Lipinski definition) is 3. The molecule has 0 aliphatic heterocycles. The Hall–Kier alpha value is -1.39. The molecule has 0 saturated heterocycles. The van der Waals surface area contributed by atoms with Crippen molar-refractivity contribution in [2.75, 3.05) is 6.61 Å². The molecule has 4 rings (SSSR count). The average Bonchev–Trinajstić information content (AvgIpc) is 3.10. The van der Waals surface area contributed by atoms with Crippen LogP contribution in [0.1, 0.15) is 78.2 Å². The number of allylic oxidation sites excluding steroid dienone is 4. The number of rotatable bonds is 5. The van der Waals surface area contributed by atoms with E-state index in [0.717, 1.165) is 31.2 Å². The Morgan fingerprint density at radius 1 is 1.10 bits per heavy atom. The maximum atomic E-state index is 12.9. The van der Waals surface area contributed by atoms with Gasteiger partial charge in [0.2, 0.25) is 0 Å². The van der Waals surface area contributed by atoms with Crippen LogP contribution in [-0.2, 0) is 14.3 Å². The molecule has 1 aromatic carbocycles. The van der Waals surface area contributed by atoms with Gasteiger partial charge in [0, 0.05) is 0 Å². The summed E-state index contributed by atoms with van der Waals surface area (Å²) in [6.07, 6.45) is 10.5. The van der Waals surface area contributed by atoms with E-state index < -0.39 is 10.1 Å². The molecule has 0 N–H and O–H groups in total. The van der Waals surface area contributed by atoms with Crippen molar-refractivity contribution >= 4 is 10.1 Å². The largest absolute Gasteiger partial charge is 0.296 e. The molecule has 3 aliphatic rings. The Morgan fingerprint density at radius 2 is 1.81 bits per heavy atom. The highest BCUT2D eigenvalue weighted by molar-refractivity contribution is 7.86. The lowest BCUT2D eigenvalue weighted by Crippen LogP contribution is -2.48. The summed E-state index contributed by atoms with van der Waals surface area (Å²) in [4.78, 5) is 0.258. The quantitative estimate of drug-likeness (QED) is 0.462. The molecule has 0 bridgehead atoms. The van der Waals surface area contributed by atoms with Gasteiger partial charge in [-0.3, -0.25) is 4.18 Å². The van der Waals surface area contributed by atoms with Crippen molar-refractivity contribution in [3.05, 3.63) is 52.6 Å². The lowest BCUT2D eigenvalue weighted by atomic mass is 9.50. The predicted molar refractivity (Wildman–Crippen MR) is 126 cm³/mol. The first kappa shape index (κ1) is 22.8. The molecule has 3 atom stereocenters. The van der Waals surface area contributed by atoms with Crippen LogP contribution in [0.2, 0.25) is 0 Å². The fraction of sp³-hybridized carbons (Fsp3) is 0.630. The van der Waals surface area contributed by atoms with Gasteiger partial charge >= 0.3 is 0 Å². The Kier molecular flexibility index (Phi) is 6.02. The average molecular weight is 443 g/mol. The van der Waals surface area contributed by atoms with E-state index in [9.17, 15) is 8.42 Å². The highest BCUT2D eigenvalue weighted by atomic mass is 32.2. The van der Waals surface area contributed by atoms with Gasteiger partial charge in [-0.2, -0.15) is 8.42 Å². The molecular weight excluding hydrogens is 404 g/mol. The molecule has 1 fully saturated rings. The van der Waals surface area contributed by atoms with Gasteiger partial charge < -0.3 is 0 Å². The summed E-state index contributed by atoms with van der Waals surface area (Å²) in [6, 6.07) is 6.95. The molecule has 0 amide bonds. The maximum absolute atomic E-state index is 12.9. The first-order valence-electron chi connectivity index (χ1n) is 11.9. The second-order valence-corrected chi connectivity index (χ2v) is 12.6. The third kappa shape index (κ3) is 4.18. The van der Waals surface area contributed by atoms with Crippen molar-refractivity contribution in [1.82, 2.24) is 0 Å². The van der Waals surface area contributed by atoms with Crippen molar-refractivity contribution in [2.45, 2.75) is 84.5 Å². The molecule has 0 aromatic heterocycles. The molecule has 31 heavy (non-hydrogen) atoms. The van der Waals surface area contributed by atoms with Crippen LogP contribution in [0.3, 0.4) is 0 Å². The third-order valence-electron chi connectivity index (χ3n) is 8.21. The zero-order valence-corrected chi connectivity index (χ0v) is 20.6. The molecule has 4 heteroatoms. The van der Waals surface area contributed by atoms with Crippen molar-refractivity contribution in [1.29, 1.82) is 0 Å². The number of hydrogen-bond donors (Lipinski definition) is 0. The van der Waals surface area contributed by atoms with Crippen molar-refractivity contribution in [3.8, 4) is 0 Å². The predicted octanol–water partition coefficient (Wildman–Crippen LogP) is 6.98. The number of benzene rings is 1. The summed E-state index contributed by atoms with van der Waals surface area (Å²) in [7, 11) is -3.73. The summed E-state index contributed by atoms with van der Waals surface area (Å²) in [5, 5.41) is 0. The van der Waals surface area contributed by atoms with Crippen molar-refractivity contribution < 1.29 is 12.6 Å². The normalized spacial score (nSPS) is 32.5. The molecule has 0 radical (unpaired) electrons. The topological polar surface area (TPSA) is 43.4 Å². The molecule has 0 heterocycles. The molecule has 0 spiro atoms. The van der Waals surface area contributed by atoms with E-state index in [1.165, 1.54) is 19.3 Å². The minimum Gasteiger partial charge on any atom is -0.266 e. The van der Waals surface area contributed by atoms with E-state index in [4.69, 9.17) is 4.18 Å². The van der Waals surface area contributed by atoms with Gasteiger partial charge in [-0.05, 0) is 91.4 Å². The van der Waals surface area contributed by atoms with Gasteiger partial charge in [0.05, 0.1) is 11.5 Å². The van der Waals surface area contributed by atoms with Crippen LogP contribution >= 0.6 is 0 Å². The van der Waals surface area contributed by atoms with E-state index >= 15 is 0 Å². The minimum atomic E-state index is -3.73. The molecule has 0 unspecified atom stereocenters. The summed E-state index contributed by atoms with van der Waals surface area (Å²) in [5.74, 6) is 1.06. The highest BCUT2D eigenvalue weighted by Crippen LogP contribution is 2.63. The SMILES string of the molecule is Cc1ccc(S(=O)(=O)OC[C@]2(C)CCC[C@]3(C)C4=C(CC[C@@H]23)/C(=C/C(C)C)CC4)cc1. The summed E-state index contributed by atoms with van der Waals surface area (Å²) in [6.45, 7) is 11.5. The lowest BCUT2D eigenvalue weighted by Gasteiger charge is -2.55. The molecular formula is C27H38O3S. The Bertz CT molecular complexity index is 999. The Morgan fingerprint density at radius 3 is 2.48 bits per heavy atom. The zero-order chi connectivity index (χ0) is 22.4. The first-order valence-corrected chi connectivity index (χ1v) is 13.4. The van der Waals surface area contributed by atoms with Crippen LogP contribution in [0.5, 0.6) is 0 Å². The van der Waals surface area contributed by atoms with Crippen LogP contribution in [-0.4, -0.2) is 15.0 Å². The van der Waals surface area contributed by atoms with E-state index in [0.29, 0.717) is 11.8 Å².